The zero-order valence-corrected chi connectivity index (χ0v) is 11.2. The summed E-state index contributed by atoms with van der Waals surface area (Å²) in [5.74, 6) is 0.767. The van der Waals surface area contributed by atoms with Crippen molar-refractivity contribution in [2.75, 3.05) is 0 Å². The van der Waals surface area contributed by atoms with E-state index in [1.165, 1.54) is 29.5 Å². The fourth-order valence-corrected chi connectivity index (χ4v) is 1.96. The zero-order chi connectivity index (χ0) is 13.0. The first kappa shape index (κ1) is 12.7. The number of benzene rings is 1. The second-order valence-corrected chi connectivity index (χ2v) is 5.23. The fourth-order valence-electron chi connectivity index (χ4n) is 1.96. The van der Waals surface area contributed by atoms with Gasteiger partial charge < -0.3 is 5.32 Å². The normalized spacial score (nSPS) is 14.6. The molecule has 18 heavy (non-hydrogen) atoms. The quantitative estimate of drug-likeness (QED) is 0.826. The van der Waals surface area contributed by atoms with Crippen molar-refractivity contribution in [2.24, 2.45) is 5.92 Å². The molecule has 1 aliphatic heterocycles. The average Bonchev–Trinajstić information content (AvgIpc) is 2.38. The van der Waals surface area contributed by atoms with Crippen molar-refractivity contribution in [3.05, 3.63) is 66.0 Å². The van der Waals surface area contributed by atoms with Crippen molar-refractivity contribution >= 4 is 5.57 Å². The van der Waals surface area contributed by atoms with E-state index in [1.54, 1.807) is 0 Å². The van der Waals surface area contributed by atoms with Crippen LogP contribution in [0.5, 0.6) is 0 Å². The van der Waals surface area contributed by atoms with Gasteiger partial charge in [-0.1, -0.05) is 50.8 Å². The predicted molar refractivity (Wildman–Crippen MR) is 79.0 cm³/mol. The summed E-state index contributed by atoms with van der Waals surface area (Å²) in [6.45, 7) is 8.39. The SMILES string of the molecule is C=C1C=CC(c2ccc(CCC(C)C)cc2)=CN1. The van der Waals surface area contributed by atoms with Crippen LogP contribution in [0.15, 0.2) is 54.9 Å². The van der Waals surface area contributed by atoms with E-state index in [9.17, 15) is 0 Å². The number of rotatable bonds is 4. The Morgan fingerprint density at radius 2 is 1.83 bits per heavy atom. The molecule has 0 amide bonds. The molecule has 94 valence electrons. The first-order valence-electron chi connectivity index (χ1n) is 6.58. The third-order valence-electron chi connectivity index (χ3n) is 3.17. The lowest BCUT2D eigenvalue weighted by Gasteiger charge is -2.11. The first-order valence-corrected chi connectivity index (χ1v) is 6.58. The molecule has 0 aliphatic carbocycles. The molecule has 0 bridgehead atoms. The average molecular weight is 239 g/mol. The number of dihydropyridines is 1. The van der Waals surface area contributed by atoms with Crippen molar-refractivity contribution in [2.45, 2.75) is 26.7 Å². The van der Waals surface area contributed by atoms with Crippen LogP contribution in [-0.2, 0) is 6.42 Å². The van der Waals surface area contributed by atoms with Crippen LogP contribution in [0, 0.1) is 5.92 Å². The fraction of sp³-hybridized carbons (Fsp3) is 0.294. The van der Waals surface area contributed by atoms with Gasteiger partial charge in [-0.2, -0.15) is 0 Å². The van der Waals surface area contributed by atoms with Crippen molar-refractivity contribution < 1.29 is 0 Å². The highest BCUT2D eigenvalue weighted by Crippen LogP contribution is 2.20. The molecule has 1 heteroatoms. The third-order valence-corrected chi connectivity index (χ3v) is 3.17. The molecule has 0 saturated heterocycles. The lowest BCUT2D eigenvalue weighted by atomic mass is 9.99. The van der Waals surface area contributed by atoms with Crippen molar-refractivity contribution in [1.82, 2.24) is 5.32 Å². The summed E-state index contributed by atoms with van der Waals surface area (Å²) in [5, 5.41) is 3.14. The van der Waals surface area contributed by atoms with Gasteiger partial charge in [-0.25, -0.2) is 0 Å². The van der Waals surface area contributed by atoms with E-state index < -0.39 is 0 Å². The van der Waals surface area contributed by atoms with Gasteiger partial charge in [0.15, 0.2) is 0 Å². The first-order chi connectivity index (χ1) is 8.65. The number of nitrogens with one attached hydrogen (secondary N) is 1. The molecule has 1 N–H and O–H groups in total. The smallest absolute Gasteiger partial charge is 0.0307 e. The lowest BCUT2D eigenvalue weighted by molar-refractivity contribution is 0.587. The Morgan fingerprint density at radius 1 is 1.11 bits per heavy atom. The van der Waals surface area contributed by atoms with Gasteiger partial charge in [0, 0.05) is 11.9 Å². The standard InChI is InChI=1S/C17H21N/c1-13(2)4-6-15-7-10-16(11-8-15)17-9-5-14(3)18-12-17/h5,7-13,18H,3-4,6H2,1-2H3. The Morgan fingerprint density at radius 3 is 2.39 bits per heavy atom. The molecule has 0 radical (unpaired) electrons. The van der Waals surface area contributed by atoms with E-state index >= 15 is 0 Å². The molecular weight excluding hydrogens is 218 g/mol. The van der Waals surface area contributed by atoms with Crippen LogP contribution in [-0.4, -0.2) is 0 Å². The second kappa shape index (κ2) is 5.72. The van der Waals surface area contributed by atoms with E-state index in [2.05, 4.69) is 56.1 Å². The molecule has 1 nitrogen and oxygen atoms in total. The summed E-state index contributed by atoms with van der Waals surface area (Å²) in [6.07, 6.45) is 8.53. The van der Waals surface area contributed by atoms with Gasteiger partial charge in [0.2, 0.25) is 0 Å². The number of allylic oxidation sites excluding steroid dienone is 3. The summed E-state index contributed by atoms with van der Waals surface area (Å²) in [7, 11) is 0. The lowest BCUT2D eigenvalue weighted by Crippen LogP contribution is -2.05. The summed E-state index contributed by atoms with van der Waals surface area (Å²) >= 11 is 0. The van der Waals surface area contributed by atoms with Crippen molar-refractivity contribution in [3.8, 4) is 0 Å². The van der Waals surface area contributed by atoms with Gasteiger partial charge in [0.05, 0.1) is 0 Å². The maximum Gasteiger partial charge on any atom is 0.0307 e. The highest BCUT2D eigenvalue weighted by molar-refractivity contribution is 5.75. The van der Waals surface area contributed by atoms with Crippen molar-refractivity contribution in [1.29, 1.82) is 0 Å². The van der Waals surface area contributed by atoms with Gasteiger partial charge in [0.25, 0.3) is 0 Å². The number of hydrogen-bond donors (Lipinski definition) is 1. The van der Waals surface area contributed by atoms with Gasteiger partial charge in [0.1, 0.15) is 0 Å². The van der Waals surface area contributed by atoms with Crippen LogP contribution in [0.1, 0.15) is 31.4 Å². The minimum absolute atomic E-state index is 0.767. The molecule has 0 saturated carbocycles. The molecule has 0 aromatic heterocycles. The molecule has 0 fully saturated rings. The molecule has 0 atom stereocenters. The highest BCUT2D eigenvalue weighted by atomic mass is 14.8. The summed E-state index contributed by atoms with van der Waals surface area (Å²) in [5.41, 5.74) is 4.81. The van der Waals surface area contributed by atoms with E-state index in [0.717, 1.165) is 11.6 Å². The molecule has 1 aromatic carbocycles. The Hall–Kier alpha value is -1.76. The molecule has 1 aromatic rings. The van der Waals surface area contributed by atoms with Crippen LogP contribution in [0.25, 0.3) is 5.57 Å². The summed E-state index contributed by atoms with van der Waals surface area (Å²) in [6, 6.07) is 8.86. The molecule has 0 unspecified atom stereocenters. The molecule has 0 spiro atoms. The van der Waals surface area contributed by atoms with Gasteiger partial charge in [-0.3, -0.25) is 0 Å². The van der Waals surface area contributed by atoms with Gasteiger partial charge in [-0.05, 0) is 41.5 Å². The largest absolute Gasteiger partial charge is 0.362 e. The third kappa shape index (κ3) is 3.36. The minimum Gasteiger partial charge on any atom is -0.362 e. The van der Waals surface area contributed by atoms with Crippen LogP contribution in [0.3, 0.4) is 0 Å². The maximum absolute atomic E-state index is 3.85. The van der Waals surface area contributed by atoms with E-state index in [-0.39, 0.29) is 0 Å². The number of hydrogen-bond acceptors (Lipinski definition) is 1. The topological polar surface area (TPSA) is 12.0 Å². The van der Waals surface area contributed by atoms with Gasteiger partial charge >= 0.3 is 0 Å². The van der Waals surface area contributed by atoms with Crippen LogP contribution in [0.2, 0.25) is 0 Å². The monoisotopic (exact) mass is 239 g/mol. The van der Waals surface area contributed by atoms with Crippen molar-refractivity contribution in [3.63, 3.8) is 0 Å². The zero-order valence-electron chi connectivity index (χ0n) is 11.2. The molecule has 1 heterocycles. The van der Waals surface area contributed by atoms with Crippen LogP contribution >= 0.6 is 0 Å². The maximum atomic E-state index is 3.85. The molecular formula is C17H21N. The van der Waals surface area contributed by atoms with Gasteiger partial charge in [-0.15, -0.1) is 0 Å². The van der Waals surface area contributed by atoms with E-state index in [1.807, 2.05) is 12.3 Å². The number of aryl methyl sites for hydroxylation is 1. The Bertz CT molecular complexity index is 475. The Labute approximate surface area is 110 Å². The molecule has 2 rings (SSSR count). The second-order valence-electron chi connectivity index (χ2n) is 5.23. The van der Waals surface area contributed by atoms with E-state index in [0.29, 0.717) is 0 Å². The van der Waals surface area contributed by atoms with Crippen LogP contribution < -0.4 is 5.32 Å². The van der Waals surface area contributed by atoms with Crippen LogP contribution in [0.4, 0.5) is 0 Å². The van der Waals surface area contributed by atoms with E-state index in [4.69, 9.17) is 0 Å². The Kier molecular flexibility index (Phi) is 4.03. The summed E-state index contributed by atoms with van der Waals surface area (Å²) in [4.78, 5) is 0. The summed E-state index contributed by atoms with van der Waals surface area (Å²) < 4.78 is 0. The molecule has 1 aliphatic rings. The highest BCUT2D eigenvalue weighted by Gasteiger charge is 2.03. The Balaban J connectivity index is 2.04. The predicted octanol–water partition coefficient (Wildman–Crippen LogP) is 4.29. The minimum atomic E-state index is 0.767.